The van der Waals surface area contributed by atoms with Crippen molar-refractivity contribution in [1.82, 2.24) is 0 Å². The first-order chi connectivity index (χ1) is 22.1. The number of hydrogen-bond donors (Lipinski definition) is 0. The number of benzene rings is 6. The van der Waals surface area contributed by atoms with Gasteiger partial charge < -0.3 is 9.80 Å². The molecule has 0 N–H and O–H groups in total. The van der Waals surface area contributed by atoms with Crippen molar-refractivity contribution in [3.63, 3.8) is 0 Å². The van der Waals surface area contributed by atoms with Gasteiger partial charge in [-0.15, -0.1) is 0 Å². The molecule has 0 aliphatic carbocycles. The molecule has 2 aliphatic rings. The third kappa shape index (κ3) is 4.24. The van der Waals surface area contributed by atoms with Crippen LogP contribution in [0.15, 0.2) is 133 Å². The molecule has 0 spiro atoms. The lowest BCUT2D eigenvalue weighted by Gasteiger charge is -2.49. The second-order valence-corrected chi connectivity index (χ2v) is 14.1. The largest absolute Gasteiger partial charge is 0.310 e. The van der Waals surface area contributed by atoms with E-state index in [0.29, 0.717) is 0 Å². The molecule has 0 unspecified atom stereocenters. The minimum atomic E-state index is -0.199. The van der Waals surface area contributed by atoms with Crippen LogP contribution in [0.4, 0.5) is 34.1 Å². The maximum Gasteiger partial charge on any atom is 0.0543 e. The van der Waals surface area contributed by atoms with Crippen molar-refractivity contribution in [3.8, 4) is 11.1 Å². The predicted octanol–water partition coefficient (Wildman–Crippen LogP) is 12.2. The fourth-order valence-electron chi connectivity index (χ4n) is 7.99. The van der Waals surface area contributed by atoms with Gasteiger partial charge in [-0.05, 0) is 107 Å². The van der Waals surface area contributed by atoms with Crippen molar-refractivity contribution in [2.45, 2.75) is 52.4 Å². The first kappa shape index (κ1) is 28.4. The van der Waals surface area contributed by atoms with E-state index in [2.05, 4.69) is 185 Å². The van der Waals surface area contributed by atoms with Gasteiger partial charge in [0.1, 0.15) is 0 Å². The van der Waals surface area contributed by atoms with Gasteiger partial charge >= 0.3 is 0 Å². The zero-order chi connectivity index (χ0) is 31.8. The molecule has 46 heavy (non-hydrogen) atoms. The molecule has 2 heterocycles. The molecule has 2 nitrogen and oxygen atoms in total. The zero-order valence-electron chi connectivity index (χ0n) is 27.6. The number of fused-ring (bicyclic) bond motifs is 4. The Bertz CT molecular complexity index is 2120. The summed E-state index contributed by atoms with van der Waals surface area (Å²) in [5, 5.41) is 0. The predicted molar refractivity (Wildman–Crippen MR) is 195 cm³/mol. The van der Waals surface area contributed by atoms with Crippen LogP contribution in [0, 0.1) is 13.8 Å². The maximum absolute atomic E-state index is 2.53. The summed E-state index contributed by atoms with van der Waals surface area (Å²) in [6.45, 7) is 13.9. The molecule has 2 heteroatoms. The Morgan fingerprint density at radius 3 is 1.74 bits per heavy atom. The molecule has 226 valence electrons. The third-order valence-corrected chi connectivity index (χ3v) is 10.3. The minimum absolute atomic E-state index is 0.0877. The van der Waals surface area contributed by atoms with Gasteiger partial charge in [0.2, 0.25) is 0 Å². The van der Waals surface area contributed by atoms with E-state index in [1.165, 1.54) is 67.3 Å². The van der Waals surface area contributed by atoms with Crippen LogP contribution in [0.3, 0.4) is 0 Å². The molecule has 8 rings (SSSR count). The first-order valence-electron chi connectivity index (χ1n) is 16.4. The van der Waals surface area contributed by atoms with Gasteiger partial charge in [0.25, 0.3) is 0 Å². The minimum Gasteiger partial charge on any atom is -0.310 e. The molecule has 6 aromatic carbocycles. The number of anilines is 6. The van der Waals surface area contributed by atoms with Gasteiger partial charge in [-0.25, -0.2) is 0 Å². The third-order valence-electron chi connectivity index (χ3n) is 10.3. The highest BCUT2D eigenvalue weighted by Crippen LogP contribution is 2.60. The van der Waals surface area contributed by atoms with E-state index in [4.69, 9.17) is 0 Å². The number of aryl methyl sites for hydroxylation is 2. The summed E-state index contributed by atoms with van der Waals surface area (Å²) in [7, 11) is 0. The Morgan fingerprint density at radius 1 is 0.435 bits per heavy atom. The topological polar surface area (TPSA) is 6.48 Å². The van der Waals surface area contributed by atoms with E-state index >= 15 is 0 Å². The smallest absolute Gasteiger partial charge is 0.0543 e. The number of para-hydroxylation sites is 2. The number of hydrogen-bond acceptors (Lipinski definition) is 2. The molecule has 0 atom stereocenters. The summed E-state index contributed by atoms with van der Waals surface area (Å²) < 4.78 is 0. The SMILES string of the molecule is Cc1cc(C)cc(N(c2cccc(-c3ccccc3)c2)c2ccc3c(c2)C(C)(C)c2cccc4c2N3c2ccccc2C4(C)C)c1. The van der Waals surface area contributed by atoms with E-state index < -0.39 is 0 Å². The maximum atomic E-state index is 2.53. The normalized spacial score (nSPS) is 15.0. The van der Waals surface area contributed by atoms with E-state index in [1.807, 2.05) is 0 Å². The van der Waals surface area contributed by atoms with Crippen molar-refractivity contribution in [2.75, 3.05) is 9.80 Å². The van der Waals surface area contributed by atoms with Gasteiger partial charge in [-0.1, -0.05) is 113 Å². The average Bonchev–Trinajstić information content (AvgIpc) is 3.05. The highest BCUT2D eigenvalue weighted by molar-refractivity contribution is 5.94. The summed E-state index contributed by atoms with van der Waals surface area (Å²) in [4.78, 5) is 4.97. The Balaban J connectivity index is 1.36. The van der Waals surface area contributed by atoms with Crippen molar-refractivity contribution >= 4 is 34.1 Å². The summed E-state index contributed by atoms with van der Waals surface area (Å²) >= 11 is 0. The van der Waals surface area contributed by atoms with Crippen LogP contribution in [-0.4, -0.2) is 0 Å². The second-order valence-electron chi connectivity index (χ2n) is 14.1. The molecule has 0 saturated carbocycles. The zero-order valence-corrected chi connectivity index (χ0v) is 27.6. The fourth-order valence-corrected chi connectivity index (χ4v) is 7.99. The lowest BCUT2D eigenvalue weighted by Crippen LogP contribution is -2.38. The molecule has 0 bridgehead atoms. The van der Waals surface area contributed by atoms with Gasteiger partial charge in [0.15, 0.2) is 0 Å². The van der Waals surface area contributed by atoms with E-state index in [9.17, 15) is 0 Å². The molecule has 2 aliphatic heterocycles. The fraction of sp³-hybridized carbons (Fsp3) is 0.182. The van der Waals surface area contributed by atoms with Gasteiger partial charge in [0, 0.05) is 27.9 Å². The van der Waals surface area contributed by atoms with Gasteiger partial charge in [-0.2, -0.15) is 0 Å². The molecular weight excluding hydrogens is 556 g/mol. The molecule has 0 aromatic heterocycles. The standard InChI is InChI=1S/C44H40N2/c1-29-24-30(2)26-35(25-29)45(33-17-12-16-32(27-33)31-14-8-7-9-15-31)34-22-23-41-39(28-34)44(5,6)38-20-13-19-37-42(38)46(41)40-21-11-10-18-36(40)43(37,3)4/h7-28H,1-6H3. The molecular formula is C44H40N2. The molecule has 0 saturated heterocycles. The Labute approximate surface area is 273 Å². The van der Waals surface area contributed by atoms with Crippen LogP contribution < -0.4 is 9.80 Å². The van der Waals surface area contributed by atoms with Crippen LogP contribution in [0.2, 0.25) is 0 Å². The lowest BCUT2D eigenvalue weighted by molar-refractivity contribution is 0.597. The van der Waals surface area contributed by atoms with Gasteiger partial charge in [-0.3, -0.25) is 0 Å². The van der Waals surface area contributed by atoms with Gasteiger partial charge in [0.05, 0.1) is 17.1 Å². The van der Waals surface area contributed by atoms with Crippen molar-refractivity contribution in [3.05, 3.63) is 167 Å². The summed E-state index contributed by atoms with van der Waals surface area (Å²) in [5.74, 6) is 0. The van der Waals surface area contributed by atoms with Crippen LogP contribution in [0.5, 0.6) is 0 Å². The Kier molecular flexibility index (Phi) is 6.31. The lowest BCUT2D eigenvalue weighted by atomic mass is 9.66. The van der Waals surface area contributed by atoms with Crippen LogP contribution in [0.25, 0.3) is 11.1 Å². The summed E-state index contributed by atoms with van der Waals surface area (Å²) in [5.41, 5.74) is 17.5. The molecule has 6 aromatic rings. The molecule has 0 fully saturated rings. The van der Waals surface area contributed by atoms with Crippen molar-refractivity contribution in [2.24, 2.45) is 0 Å². The second kappa shape index (κ2) is 10.2. The first-order valence-corrected chi connectivity index (χ1v) is 16.4. The monoisotopic (exact) mass is 596 g/mol. The van der Waals surface area contributed by atoms with Crippen LogP contribution >= 0.6 is 0 Å². The molecule has 0 radical (unpaired) electrons. The highest BCUT2D eigenvalue weighted by Gasteiger charge is 2.45. The van der Waals surface area contributed by atoms with Crippen molar-refractivity contribution in [1.29, 1.82) is 0 Å². The Morgan fingerprint density at radius 2 is 1.00 bits per heavy atom. The Hall–Kier alpha value is -5.08. The summed E-state index contributed by atoms with van der Waals surface area (Å²) in [6.07, 6.45) is 0. The van der Waals surface area contributed by atoms with Crippen LogP contribution in [0.1, 0.15) is 61.1 Å². The highest BCUT2D eigenvalue weighted by atomic mass is 15.2. The van der Waals surface area contributed by atoms with E-state index in [0.717, 1.165) is 11.4 Å². The van der Waals surface area contributed by atoms with E-state index in [-0.39, 0.29) is 10.8 Å². The quantitative estimate of drug-likeness (QED) is 0.200. The summed E-state index contributed by atoms with van der Waals surface area (Å²) in [6, 6.07) is 49.5. The van der Waals surface area contributed by atoms with E-state index in [1.54, 1.807) is 0 Å². The van der Waals surface area contributed by atoms with Crippen molar-refractivity contribution < 1.29 is 0 Å². The average molecular weight is 597 g/mol. The number of nitrogens with zero attached hydrogens (tertiary/aromatic N) is 2. The van der Waals surface area contributed by atoms with Crippen LogP contribution in [-0.2, 0) is 10.8 Å². The number of rotatable bonds is 4. The molecule has 0 amide bonds.